The first kappa shape index (κ1) is 31.8. The molecule has 0 saturated carbocycles. The molecule has 4 aliphatic rings. The maximum Gasteiger partial charge on any atom is 0.265 e. The van der Waals surface area contributed by atoms with Gasteiger partial charge >= 0.3 is 0 Å². The third kappa shape index (κ3) is 8.50. The summed E-state index contributed by atoms with van der Waals surface area (Å²) in [5.41, 5.74) is -0.976. The van der Waals surface area contributed by atoms with Gasteiger partial charge in [0.1, 0.15) is 35.6 Å². The van der Waals surface area contributed by atoms with Crippen LogP contribution in [0.4, 0.5) is 31.7 Å². The first-order chi connectivity index (χ1) is 32.0. The van der Waals surface area contributed by atoms with E-state index < -0.39 is 102 Å². The first-order valence-electron chi connectivity index (χ1n) is 22.9. The van der Waals surface area contributed by atoms with E-state index in [0.717, 1.165) is 6.07 Å². The summed E-state index contributed by atoms with van der Waals surface area (Å²) >= 11 is 5.95. The van der Waals surface area contributed by atoms with E-state index in [1.54, 1.807) is 18.2 Å². The highest BCUT2D eigenvalue weighted by molar-refractivity contribution is 6.31. The number of rotatable bonds is 11. The number of benzene rings is 3. The number of piperidine rings is 2. The molecular formula is C42H42ClF2N9O6. The first-order valence-corrected chi connectivity index (χ1v) is 19.2. The predicted octanol–water partition coefficient (Wildman–Crippen LogP) is 4.74. The maximum absolute atomic E-state index is 15.8. The predicted molar refractivity (Wildman–Crippen MR) is 219 cm³/mol. The van der Waals surface area contributed by atoms with Crippen LogP contribution < -0.4 is 25.6 Å². The molecule has 0 aliphatic carbocycles. The average Bonchev–Trinajstić information content (AvgIpc) is 3.52. The van der Waals surface area contributed by atoms with Gasteiger partial charge in [-0.1, -0.05) is 17.7 Å². The second-order valence-electron chi connectivity index (χ2n) is 14.4. The quantitative estimate of drug-likeness (QED) is 0.140. The van der Waals surface area contributed by atoms with E-state index in [4.69, 9.17) is 27.3 Å². The number of fused-ring (bicyclic) bond motifs is 2. The van der Waals surface area contributed by atoms with Crippen molar-refractivity contribution in [2.24, 2.45) is 5.92 Å². The van der Waals surface area contributed by atoms with E-state index in [2.05, 4.69) is 20.6 Å². The van der Waals surface area contributed by atoms with Crippen LogP contribution in [0, 0.1) is 17.6 Å². The number of nitrogens with zero attached hydrogens (tertiary/aromatic N) is 6. The number of anilines is 4. The summed E-state index contributed by atoms with van der Waals surface area (Å²) in [5.74, 6) is -6.26. The van der Waals surface area contributed by atoms with Gasteiger partial charge in [0.2, 0.25) is 17.7 Å². The van der Waals surface area contributed by atoms with Crippen LogP contribution in [0.15, 0.2) is 60.9 Å². The Morgan fingerprint density at radius 2 is 1.77 bits per heavy atom. The molecule has 3 fully saturated rings. The van der Waals surface area contributed by atoms with Gasteiger partial charge in [-0.05, 0) is 74.7 Å². The molecule has 0 spiro atoms. The van der Waals surface area contributed by atoms with Crippen LogP contribution in [0.2, 0.25) is 5.02 Å². The van der Waals surface area contributed by atoms with E-state index in [0.29, 0.717) is 82.2 Å². The number of aromatic nitrogens is 2. The second-order valence-corrected chi connectivity index (χ2v) is 14.8. The SMILES string of the molecule is [2H]C1([2H])N(CC2CCN(C/C=C/C(=O)Nc3cc4c(Nc5ccc(F)c(Cl)c5)ncnc4cc3OC)CC2)C([2H])([2H])C([2H])([2H])N(c2cc(F)c3c(c2)C(=O)N(C2CCC(=O)NC2=O)C3=O)C1([2H])[2H]. The number of carbonyl (C=O) groups excluding carboxylic acids is 5. The Balaban J connectivity index is 0.915. The molecule has 15 nitrogen and oxygen atoms in total. The van der Waals surface area contributed by atoms with Gasteiger partial charge in [0.15, 0.2) is 0 Å². The minimum absolute atomic E-state index is 0.0867. The molecule has 5 amide bonds. The molecule has 4 aromatic rings. The molecular weight excluding hydrogens is 800 g/mol. The van der Waals surface area contributed by atoms with Crippen molar-refractivity contribution in [3.63, 3.8) is 0 Å². The van der Waals surface area contributed by atoms with Crippen LogP contribution in [0.5, 0.6) is 5.75 Å². The van der Waals surface area contributed by atoms with Crippen molar-refractivity contribution < 1.29 is 48.5 Å². The largest absolute Gasteiger partial charge is 0.494 e. The summed E-state index contributed by atoms with van der Waals surface area (Å²) in [4.78, 5) is 75.8. The summed E-state index contributed by atoms with van der Waals surface area (Å²) in [6.45, 7) is -12.7. The van der Waals surface area contributed by atoms with Crippen molar-refractivity contribution in [1.82, 2.24) is 30.0 Å². The van der Waals surface area contributed by atoms with Crippen LogP contribution in [0.25, 0.3) is 10.9 Å². The van der Waals surface area contributed by atoms with Gasteiger partial charge in [0.05, 0.1) is 39.9 Å². The molecule has 312 valence electrons. The van der Waals surface area contributed by atoms with Crippen LogP contribution >= 0.6 is 11.6 Å². The summed E-state index contributed by atoms with van der Waals surface area (Å²) in [7, 11) is 1.43. The summed E-state index contributed by atoms with van der Waals surface area (Å²) in [5, 5.41) is 8.31. The summed E-state index contributed by atoms with van der Waals surface area (Å²) in [6.07, 6.45) is 4.57. The van der Waals surface area contributed by atoms with Gasteiger partial charge in [0.25, 0.3) is 11.8 Å². The number of hydrogen-bond acceptors (Lipinski definition) is 12. The minimum atomic E-state index is -3.42. The molecule has 0 bridgehead atoms. The molecule has 5 heterocycles. The van der Waals surface area contributed by atoms with E-state index in [-0.39, 0.29) is 22.8 Å². The van der Waals surface area contributed by atoms with Crippen molar-refractivity contribution >= 4 is 74.9 Å². The number of likely N-dealkylation sites (tertiary alicyclic amines) is 1. The zero-order valence-corrected chi connectivity index (χ0v) is 32.6. The molecule has 60 heavy (non-hydrogen) atoms. The lowest BCUT2D eigenvalue weighted by atomic mass is 9.96. The smallest absolute Gasteiger partial charge is 0.265 e. The van der Waals surface area contributed by atoms with E-state index in [1.165, 1.54) is 37.7 Å². The molecule has 0 radical (unpaired) electrons. The summed E-state index contributed by atoms with van der Waals surface area (Å²) < 4.78 is 107. The molecule has 1 unspecified atom stereocenters. The molecule has 1 atom stereocenters. The van der Waals surface area contributed by atoms with E-state index in [1.807, 2.05) is 10.2 Å². The third-order valence-electron chi connectivity index (χ3n) is 10.5. The number of methoxy groups -OCH3 is 1. The zero-order chi connectivity index (χ0) is 49.2. The number of amides is 5. The number of hydrogen-bond donors (Lipinski definition) is 3. The number of piperazine rings is 1. The Kier molecular flexibility index (Phi) is 9.17. The van der Waals surface area contributed by atoms with E-state index >= 15 is 4.39 Å². The van der Waals surface area contributed by atoms with Crippen LogP contribution in [-0.2, 0) is 14.4 Å². The van der Waals surface area contributed by atoms with Gasteiger partial charge in [-0.25, -0.2) is 18.7 Å². The molecule has 3 N–H and O–H groups in total. The summed E-state index contributed by atoms with van der Waals surface area (Å²) in [6, 6.07) is 7.15. The lowest BCUT2D eigenvalue weighted by Gasteiger charge is -2.39. The second kappa shape index (κ2) is 17.3. The topological polar surface area (TPSA) is 169 Å². The Labute approximate surface area is 359 Å². The van der Waals surface area contributed by atoms with Crippen LogP contribution in [0.1, 0.15) is 57.4 Å². The minimum Gasteiger partial charge on any atom is -0.494 e. The highest BCUT2D eigenvalue weighted by atomic mass is 35.5. The lowest BCUT2D eigenvalue weighted by molar-refractivity contribution is -0.136. The van der Waals surface area contributed by atoms with Crippen molar-refractivity contribution in [1.29, 1.82) is 0 Å². The monoisotopic (exact) mass is 849 g/mol. The molecule has 3 aromatic carbocycles. The fourth-order valence-electron chi connectivity index (χ4n) is 7.41. The van der Waals surface area contributed by atoms with Crippen molar-refractivity contribution in [3.05, 3.63) is 88.7 Å². The molecule has 3 saturated heterocycles. The van der Waals surface area contributed by atoms with Crippen molar-refractivity contribution in [3.8, 4) is 5.75 Å². The highest BCUT2D eigenvalue weighted by Crippen LogP contribution is 2.35. The van der Waals surface area contributed by atoms with Crippen molar-refractivity contribution in [2.45, 2.75) is 31.7 Å². The Hall–Kier alpha value is -6.04. The van der Waals surface area contributed by atoms with E-state index in [9.17, 15) is 28.4 Å². The zero-order valence-electron chi connectivity index (χ0n) is 39.9. The lowest BCUT2D eigenvalue weighted by Crippen LogP contribution is -2.54. The fourth-order valence-corrected chi connectivity index (χ4v) is 7.59. The van der Waals surface area contributed by atoms with Crippen LogP contribution in [0.3, 0.4) is 0 Å². The number of nitrogens with one attached hydrogen (secondary N) is 3. The maximum atomic E-state index is 15.8. The Morgan fingerprint density at radius 1 is 0.983 bits per heavy atom. The molecule has 8 rings (SSSR count). The normalized spacial score (nSPS) is 24.6. The Bertz CT molecular complexity index is 2770. The van der Waals surface area contributed by atoms with Crippen LogP contribution in [-0.4, -0.2) is 120 Å². The third-order valence-corrected chi connectivity index (χ3v) is 10.8. The fraction of sp³-hybridized carbons (Fsp3) is 0.357. The number of halogens is 3. The number of imide groups is 2. The van der Waals surface area contributed by atoms with Gasteiger partial charge in [0, 0.05) is 79.9 Å². The molecule has 1 aromatic heterocycles. The highest BCUT2D eigenvalue weighted by Gasteiger charge is 2.46. The van der Waals surface area contributed by atoms with Gasteiger partial charge in [-0.15, -0.1) is 0 Å². The Morgan fingerprint density at radius 3 is 2.50 bits per heavy atom. The molecule has 4 aliphatic heterocycles. The average molecular weight is 850 g/mol. The number of ether oxygens (including phenoxy) is 1. The van der Waals surface area contributed by atoms with Crippen molar-refractivity contribution in [2.75, 3.05) is 74.8 Å². The standard InChI is InChI=1S/C42H42ClF2N9O6/c1-60-35-21-32-27(39(47-23-46-32)48-25-4-5-30(44)29(43)17-25)20-33(35)49-36(55)3-2-10-51-11-8-24(9-12-51)22-52-13-15-53(16-14-52)26-18-28-38(31(45)19-26)42(59)54(41(28)58)34-6-7-37(56)50-40(34)57/h2-5,17-21,23-24,34H,6-16,22H2,1H3,(H,49,55)(H,46,47,48)(H,50,56,57)/b3-2+/i13D2,14D2,15D2,16D2. The van der Waals surface area contributed by atoms with Gasteiger partial charge in [-0.3, -0.25) is 44.0 Å². The van der Waals surface area contributed by atoms with Gasteiger partial charge in [-0.2, -0.15) is 0 Å². The molecule has 18 heteroatoms. The van der Waals surface area contributed by atoms with Gasteiger partial charge < -0.3 is 20.3 Å². The number of carbonyl (C=O) groups is 5.